The first-order valence-electron chi connectivity index (χ1n) is 6.65. The summed E-state index contributed by atoms with van der Waals surface area (Å²) in [6, 6.07) is 17.0. The molecule has 2 aromatic carbocycles. The average molecular weight is 492 g/mol. The molecule has 0 aliphatic heterocycles. The van der Waals surface area contributed by atoms with Crippen LogP contribution < -0.4 is 24.8 Å². The zero-order valence-corrected chi connectivity index (χ0v) is 19.0. The minimum Gasteiger partial charge on any atom is -1.00 e. The number of hydrogen-bond donors (Lipinski definition) is 0. The van der Waals surface area contributed by atoms with Crippen molar-refractivity contribution in [3.05, 3.63) is 59.7 Å². The van der Waals surface area contributed by atoms with Gasteiger partial charge in [-0.15, -0.1) is 0 Å². The second-order valence-corrected chi connectivity index (χ2v) is 6.85. The van der Waals surface area contributed by atoms with Crippen molar-refractivity contribution in [2.45, 2.75) is 52.4 Å². The fourth-order valence-electron chi connectivity index (χ4n) is 1.75. The minimum atomic E-state index is 0. The van der Waals surface area contributed by atoms with E-state index in [9.17, 15) is 0 Å². The molecule has 0 saturated heterocycles. The molecule has 0 radical (unpaired) electrons. The van der Waals surface area contributed by atoms with Crippen LogP contribution in [-0.2, 0) is 36.7 Å². The first-order valence-corrected chi connectivity index (χ1v) is 6.65. The summed E-state index contributed by atoms with van der Waals surface area (Å²) in [6.07, 6.45) is 0. The molecule has 3 heteroatoms. The summed E-state index contributed by atoms with van der Waals surface area (Å²) in [5.41, 5.74) is 3.48. The van der Waals surface area contributed by atoms with E-state index in [1.807, 2.05) is 0 Å². The molecule has 0 amide bonds. The standard InChI is InChI=1S/2C9H13.2ClH.Hf/c2*1-9(2,3)8-6-4-5-7-8;;;/h2*4-7H,1-3H3;2*1H;/q2*-1;;;+4/p-2. The van der Waals surface area contributed by atoms with Gasteiger partial charge in [0.1, 0.15) is 0 Å². The second-order valence-electron chi connectivity index (χ2n) is 6.85. The van der Waals surface area contributed by atoms with Crippen molar-refractivity contribution in [3.8, 4) is 0 Å². The summed E-state index contributed by atoms with van der Waals surface area (Å²) in [6.45, 7) is 13.3. The Morgan fingerprint density at radius 3 is 0.810 bits per heavy atom. The largest absolute Gasteiger partial charge is 4.00 e. The van der Waals surface area contributed by atoms with Gasteiger partial charge in [-0.2, -0.15) is 35.4 Å². The van der Waals surface area contributed by atoms with E-state index >= 15 is 0 Å². The van der Waals surface area contributed by atoms with E-state index in [-0.39, 0.29) is 50.7 Å². The third kappa shape index (κ3) is 9.71. The Hall–Kier alpha value is 0.150. The van der Waals surface area contributed by atoms with Crippen molar-refractivity contribution in [2.75, 3.05) is 0 Å². The summed E-state index contributed by atoms with van der Waals surface area (Å²) >= 11 is 0. The molecule has 0 heterocycles. The molecule has 2 aromatic rings. The Morgan fingerprint density at radius 2 is 0.714 bits per heavy atom. The maximum atomic E-state index is 2.22. The Kier molecular flexibility index (Phi) is 13.4. The predicted molar refractivity (Wildman–Crippen MR) is 81.5 cm³/mol. The van der Waals surface area contributed by atoms with Crippen molar-refractivity contribution in [3.63, 3.8) is 0 Å². The second kappa shape index (κ2) is 10.8. The third-order valence-electron chi connectivity index (χ3n) is 3.06. The molecule has 0 atom stereocenters. The minimum absolute atomic E-state index is 0. The van der Waals surface area contributed by atoms with Crippen molar-refractivity contribution in [1.29, 1.82) is 0 Å². The molecule has 0 aromatic heterocycles. The topological polar surface area (TPSA) is 0 Å². The van der Waals surface area contributed by atoms with E-state index in [1.54, 1.807) is 0 Å². The van der Waals surface area contributed by atoms with E-state index in [0.29, 0.717) is 10.8 Å². The maximum Gasteiger partial charge on any atom is 4.00 e. The molecule has 0 spiro atoms. The van der Waals surface area contributed by atoms with Crippen molar-refractivity contribution in [1.82, 2.24) is 0 Å². The van der Waals surface area contributed by atoms with Gasteiger partial charge in [0.05, 0.1) is 0 Å². The fourth-order valence-corrected chi connectivity index (χ4v) is 1.75. The SMILES string of the molecule is CC(C)(C)[c-]1cccc1.CC(C)(C)[c-]1cccc1.[Cl-].[Cl-].[Hf+4]. The monoisotopic (exact) mass is 492 g/mol. The van der Waals surface area contributed by atoms with Crippen molar-refractivity contribution >= 4 is 0 Å². The molecule has 0 nitrogen and oxygen atoms in total. The van der Waals surface area contributed by atoms with Crippen LogP contribution in [0, 0.1) is 0 Å². The van der Waals surface area contributed by atoms with Gasteiger partial charge in [0.2, 0.25) is 0 Å². The van der Waals surface area contributed by atoms with Gasteiger partial charge in [0.15, 0.2) is 0 Å². The molecular formula is C18H26Cl2Hf. The zero-order valence-electron chi connectivity index (χ0n) is 13.9. The predicted octanol–water partition coefficient (Wildman–Crippen LogP) is -0.588. The molecule has 0 aliphatic carbocycles. The summed E-state index contributed by atoms with van der Waals surface area (Å²) in [5.74, 6) is 0. The van der Waals surface area contributed by atoms with Crippen LogP contribution in [0.2, 0.25) is 0 Å². The Bertz CT molecular complexity index is 384. The normalized spacial score (nSPS) is 10.2. The van der Waals surface area contributed by atoms with Gasteiger partial charge in [0.25, 0.3) is 0 Å². The van der Waals surface area contributed by atoms with Gasteiger partial charge in [-0.25, -0.2) is 24.3 Å². The van der Waals surface area contributed by atoms with Crippen LogP contribution in [0.5, 0.6) is 0 Å². The van der Waals surface area contributed by atoms with Crippen molar-refractivity contribution in [2.24, 2.45) is 0 Å². The van der Waals surface area contributed by atoms with Gasteiger partial charge in [-0.3, -0.25) is 0 Å². The molecule has 0 bridgehead atoms. The summed E-state index contributed by atoms with van der Waals surface area (Å²) in [5, 5.41) is 0. The molecule has 116 valence electrons. The molecule has 0 N–H and O–H groups in total. The van der Waals surface area contributed by atoms with Gasteiger partial charge in [0, 0.05) is 0 Å². The average Bonchev–Trinajstić information content (AvgIpc) is 2.91. The molecular weight excluding hydrogens is 466 g/mol. The maximum absolute atomic E-state index is 2.22. The summed E-state index contributed by atoms with van der Waals surface area (Å²) in [7, 11) is 0. The van der Waals surface area contributed by atoms with Crippen LogP contribution in [0.3, 0.4) is 0 Å². The first-order chi connectivity index (χ1) is 8.21. The Labute approximate surface area is 162 Å². The van der Waals surface area contributed by atoms with Crippen LogP contribution in [0.4, 0.5) is 0 Å². The smallest absolute Gasteiger partial charge is 1.00 e. The van der Waals surface area contributed by atoms with Crippen LogP contribution in [0.1, 0.15) is 52.7 Å². The molecule has 0 saturated carbocycles. The Morgan fingerprint density at radius 1 is 0.524 bits per heavy atom. The van der Waals surface area contributed by atoms with E-state index < -0.39 is 0 Å². The van der Waals surface area contributed by atoms with Crippen molar-refractivity contribution < 1.29 is 50.7 Å². The van der Waals surface area contributed by atoms with E-state index in [0.717, 1.165) is 0 Å². The third-order valence-corrected chi connectivity index (χ3v) is 3.06. The molecule has 2 rings (SSSR count). The van der Waals surface area contributed by atoms with Gasteiger partial charge >= 0.3 is 25.8 Å². The van der Waals surface area contributed by atoms with E-state index in [4.69, 9.17) is 0 Å². The summed E-state index contributed by atoms with van der Waals surface area (Å²) < 4.78 is 0. The number of hydrogen-bond acceptors (Lipinski definition) is 0. The molecule has 0 fully saturated rings. The van der Waals surface area contributed by atoms with Gasteiger partial charge < -0.3 is 24.8 Å². The fraction of sp³-hybridized carbons (Fsp3) is 0.444. The van der Waals surface area contributed by atoms with Crippen LogP contribution in [0.25, 0.3) is 0 Å². The first kappa shape index (κ1) is 26.1. The molecule has 0 aliphatic rings. The number of rotatable bonds is 0. The van der Waals surface area contributed by atoms with E-state index in [1.165, 1.54) is 11.1 Å². The molecule has 0 unspecified atom stereocenters. The summed E-state index contributed by atoms with van der Waals surface area (Å²) in [4.78, 5) is 0. The van der Waals surface area contributed by atoms with Crippen LogP contribution in [-0.4, -0.2) is 0 Å². The number of halogens is 2. The van der Waals surface area contributed by atoms with Gasteiger partial charge in [-0.1, -0.05) is 52.4 Å². The van der Waals surface area contributed by atoms with Crippen LogP contribution in [0.15, 0.2) is 48.5 Å². The molecule has 21 heavy (non-hydrogen) atoms. The quantitative estimate of drug-likeness (QED) is 0.342. The Balaban J connectivity index is -0.000000270. The zero-order chi connectivity index (χ0) is 13.8. The van der Waals surface area contributed by atoms with E-state index in [2.05, 4.69) is 90.1 Å². The van der Waals surface area contributed by atoms with Gasteiger partial charge in [-0.05, 0) is 0 Å². The van der Waals surface area contributed by atoms with Crippen LogP contribution >= 0.6 is 0 Å².